The van der Waals surface area contributed by atoms with Gasteiger partial charge in [0.25, 0.3) is 0 Å². The van der Waals surface area contributed by atoms with Gasteiger partial charge in [-0.15, -0.1) is 11.3 Å². The van der Waals surface area contributed by atoms with Crippen molar-refractivity contribution in [3.63, 3.8) is 0 Å². The minimum atomic E-state index is -0.307. The van der Waals surface area contributed by atoms with Gasteiger partial charge in [-0.05, 0) is 50.2 Å². The molecule has 0 amide bonds. The van der Waals surface area contributed by atoms with Crippen LogP contribution in [0.15, 0.2) is 72.8 Å². The SMILES string of the molecule is CCc1ccc(C(C)NCCP(c2ccccc2)c2ccccc2)s1. The minimum Gasteiger partial charge on any atom is -0.309 e. The van der Waals surface area contributed by atoms with Gasteiger partial charge in [-0.2, -0.15) is 0 Å². The Labute approximate surface area is 156 Å². The van der Waals surface area contributed by atoms with Gasteiger partial charge in [0.05, 0.1) is 0 Å². The summed E-state index contributed by atoms with van der Waals surface area (Å²) in [5.74, 6) is 0. The van der Waals surface area contributed by atoms with Crippen molar-refractivity contribution < 1.29 is 0 Å². The van der Waals surface area contributed by atoms with E-state index in [4.69, 9.17) is 0 Å². The maximum Gasteiger partial charge on any atom is 0.0386 e. The molecule has 0 saturated carbocycles. The van der Waals surface area contributed by atoms with Gasteiger partial charge in [-0.1, -0.05) is 67.6 Å². The molecule has 1 N–H and O–H groups in total. The summed E-state index contributed by atoms with van der Waals surface area (Å²) in [7, 11) is -0.307. The zero-order chi connectivity index (χ0) is 17.5. The third kappa shape index (κ3) is 5.01. The lowest BCUT2D eigenvalue weighted by Gasteiger charge is -2.20. The molecular formula is C22H26NPS. The standard InChI is InChI=1S/C22H26NPS/c1-3-21-14-15-22(25-21)18(2)23-16-17-24(19-10-6-4-7-11-19)20-12-8-5-9-13-20/h4-15,18,23H,3,16-17H2,1-2H3. The Kier molecular flexibility index (Phi) is 6.81. The first-order chi connectivity index (χ1) is 12.3. The topological polar surface area (TPSA) is 12.0 Å². The average Bonchev–Trinajstić information content (AvgIpc) is 3.16. The van der Waals surface area contributed by atoms with E-state index < -0.39 is 0 Å². The second-order valence-corrected chi connectivity index (χ2v) is 9.69. The highest BCUT2D eigenvalue weighted by Crippen LogP contribution is 2.33. The van der Waals surface area contributed by atoms with Gasteiger partial charge in [-0.3, -0.25) is 0 Å². The first-order valence-electron chi connectivity index (χ1n) is 8.97. The van der Waals surface area contributed by atoms with Crippen LogP contribution in [0, 0.1) is 0 Å². The Hall–Kier alpha value is -1.47. The first-order valence-corrected chi connectivity index (χ1v) is 11.3. The van der Waals surface area contributed by atoms with Crippen molar-refractivity contribution in [3.8, 4) is 0 Å². The second-order valence-electron chi connectivity index (χ2n) is 6.16. The van der Waals surface area contributed by atoms with Crippen molar-refractivity contribution in [2.45, 2.75) is 26.3 Å². The highest BCUT2D eigenvalue weighted by molar-refractivity contribution is 7.73. The fourth-order valence-electron chi connectivity index (χ4n) is 2.93. The van der Waals surface area contributed by atoms with Gasteiger partial charge in [0.15, 0.2) is 0 Å². The lowest BCUT2D eigenvalue weighted by atomic mass is 10.2. The molecule has 0 aliphatic heterocycles. The van der Waals surface area contributed by atoms with E-state index >= 15 is 0 Å². The Morgan fingerprint density at radius 2 is 1.48 bits per heavy atom. The fourth-order valence-corrected chi connectivity index (χ4v) is 6.14. The number of hydrogen-bond donors (Lipinski definition) is 1. The number of benzene rings is 2. The van der Waals surface area contributed by atoms with Crippen LogP contribution in [0.5, 0.6) is 0 Å². The van der Waals surface area contributed by atoms with Crippen LogP contribution in [-0.4, -0.2) is 12.7 Å². The molecule has 130 valence electrons. The van der Waals surface area contributed by atoms with E-state index in [1.807, 2.05) is 11.3 Å². The molecule has 2 aromatic carbocycles. The van der Waals surface area contributed by atoms with Crippen molar-refractivity contribution in [1.29, 1.82) is 0 Å². The van der Waals surface area contributed by atoms with Crippen LogP contribution >= 0.6 is 19.3 Å². The Morgan fingerprint density at radius 1 is 0.880 bits per heavy atom. The van der Waals surface area contributed by atoms with Crippen LogP contribution in [-0.2, 0) is 6.42 Å². The third-order valence-electron chi connectivity index (χ3n) is 4.38. The summed E-state index contributed by atoms with van der Waals surface area (Å²) in [6.07, 6.45) is 2.30. The summed E-state index contributed by atoms with van der Waals surface area (Å²) in [4.78, 5) is 2.92. The van der Waals surface area contributed by atoms with Crippen molar-refractivity contribution >= 4 is 29.9 Å². The average molecular weight is 367 g/mol. The van der Waals surface area contributed by atoms with Gasteiger partial charge in [0, 0.05) is 22.3 Å². The third-order valence-corrected chi connectivity index (χ3v) is 8.31. The van der Waals surface area contributed by atoms with Crippen molar-refractivity contribution in [3.05, 3.63) is 82.6 Å². The normalized spacial score (nSPS) is 12.4. The maximum atomic E-state index is 3.73. The Morgan fingerprint density at radius 3 is 2.00 bits per heavy atom. The molecule has 0 radical (unpaired) electrons. The smallest absolute Gasteiger partial charge is 0.0386 e. The van der Waals surface area contributed by atoms with E-state index in [9.17, 15) is 0 Å². The molecular weight excluding hydrogens is 341 g/mol. The predicted molar refractivity (Wildman–Crippen MR) is 114 cm³/mol. The van der Waals surface area contributed by atoms with Gasteiger partial charge < -0.3 is 5.32 Å². The lowest BCUT2D eigenvalue weighted by molar-refractivity contribution is 0.610. The van der Waals surface area contributed by atoms with E-state index in [2.05, 4.69) is 92.0 Å². The number of hydrogen-bond acceptors (Lipinski definition) is 2. The molecule has 1 atom stereocenters. The van der Waals surface area contributed by atoms with Crippen molar-refractivity contribution in [2.24, 2.45) is 0 Å². The van der Waals surface area contributed by atoms with Crippen molar-refractivity contribution in [1.82, 2.24) is 5.32 Å². The largest absolute Gasteiger partial charge is 0.309 e. The van der Waals surface area contributed by atoms with E-state index in [0.717, 1.165) is 13.0 Å². The molecule has 0 aliphatic rings. The monoisotopic (exact) mass is 367 g/mol. The quantitative estimate of drug-likeness (QED) is 0.547. The van der Waals surface area contributed by atoms with Crippen LogP contribution in [0.1, 0.15) is 29.6 Å². The van der Waals surface area contributed by atoms with Crippen LogP contribution in [0.2, 0.25) is 0 Å². The van der Waals surface area contributed by atoms with Gasteiger partial charge in [0.1, 0.15) is 0 Å². The van der Waals surface area contributed by atoms with E-state index in [1.54, 1.807) is 0 Å². The fraction of sp³-hybridized carbons (Fsp3) is 0.273. The maximum absolute atomic E-state index is 3.73. The van der Waals surface area contributed by atoms with Gasteiger partial charge in [0.2, 0.25) is 0 Å². The van der Waals surface area contributed by atoms with Gasteiger partial charge in [-0.25, -0.2) is 0 Å². The van der Waals surface area contributed by atoms with Crippen LogP contribution in [0.4, 0.5) is 0 Å². The van der Waals surface area contributed by atoms with Crippen LogP contribution in [0.25, 0.3) is 0 Å². The summed E-state index contributed by atoms with van der Waals surface area (Å²) in [6, 6.07) is 26.9. The zero-order valence-electron chi connectivity index (χ0n) is 15.0. The molecule has 3 rings (SSSR count). The zero-order valence-corrected chi connectivity index (χ0v) is 16.7. The molecule has 0 aliphatic carbocycles. The molecule has 1 unspecified atom stereocenters. The first kappa shape index (κ1) is 18.3. The number of nitrogens with one attached hydrogen (secondary N) is 1. The summed E-state index contributed by atoms with van der Waals surface area (Å²) in [5.41, 5.74) is 0. The number of rotatable bonds is 8. The molecule has 0 spiro atoms. The molecule has 3 heteroatoms. The van der Waals surface area contributed by atoms with E-state index in [-0.39, 0.29) is 7.92 Å². The van der Waals surface area contributed by atoms with Gasteiger partial charge >= 0.3 is 0 Å². The number of aryl methyl sites for hydroxylation is 1. The second kappa shape index (κ2) is 9.29. The van der Waals surface area contributed by atoms with E-state index in [1.165, 1.54) is 26.5 Å². The molecule has 1 aromatic heterocycles. The molecule has 3 aromatic rings. The highest BCUT2D eigenvalue weighted by atomic mass is 32.1. The molecule has 0 fully saturated rings. The summed E-state index contributed by atoms with van der Waals surface area (Å²) < 4.78 is 0. The minimum absolute atomic E-state index is 0.307. The lowest BCUT2D eigenvalue weighted by Crippen LogP contribution is -2.25. The van der Waals surface area contributed by atoms with E-state index in [0.29, 0.717) is 6.04 Å². The van der Waals surface area contributed by atoms with Crippen LogP contribution in [0.3, 0.4) is 0 Å². The Balaban J connectivity index is 1.65. The molecule has 1 heterocycles. The predicted octanol–water partition coefficient (Wildman–Crippen LogP) is 5.09. The molecule has 0 saturated heterocycles. The molecule has 1 nitrogen and oxygen atoms in total. The van der Waals surface area contributed by atoms with Crippen LogP contribution < -0.4 is 15.9 Å². The summed E-state index contributed by atoms with van der Waals surface area (Å²) >= 11 is 1.94. The highest BCUT2D eigenvalue weighted by Gasteiger charge is 2.14. The molecule has 25 heavy (non-hydrogen) atoms. The van der Waals surface area contributed by atoms with Crippen molar-refractivity contribution in [2.75, 3.05) is 12.7 Å². The Bertz CT molecular complexity index is 714. The molecule has 0 bridgehead atoms. The summed E-state index contributed by atoms with van der Waals surface area (Å²) in [5, 5.41) is 6.65. The summed E-state index contributed by atoms with van der Waals surface area (Å²) in [6.45, 7) is 5.54. The number of thiophene rings is 1.